The third-order valence-corrected chi connectivity index (χ3v) is 4.04. The number of hydrogen-bond donors (Lipinski definition) is 2. The molecule has 3 rings (SSSR count). The van der Waals surface area contributed by atoms with Gasteiger partial charge in [-0.2, -0.15) is 0 Å². The van der Waals surface area contributed by atoms with Crippen LogP contribution in [0.25, 0.3) is 0 Å². The molecule has 0 bridgehead atoms. The number of amides is 1. The van der Waals surface area contributed by atoms with Crippen molar-refractivity contribution in [1.82, 2.24) is 15.6 Å². The minimum atomic E-state index is -0.0872. The summed E-state index contributed by atoms with van der Waals surface area (Å²) in [7, 11) is 0. The number of carbonyl (C=O) groups excluding carboxylic acids is 1. The average molecular weight is 303 g/mol. The van der Waals surface area contributed by atoms with Gasteiger partial charge in [0.2, 0.25) is 0 Å². The summed E-state index contributed by atoms with van der Waals surface area (Å²) in [5, 5.41) is 8.09. The summed E-state index contributed by atoms with van der Waals surface area (Å²) in [6.07, 6.45) is 0. The number of para-hydroxylation sites is 1. The second-order valence-corrected chi connectivity index (χ2v) is 5.72. The van der Waals surface area contributed by atoms with Crippen molar-refractivity contribution < 1.29 is 9.53 Å². The highest BCUT2D eigenvalue weighted by Gasteiger charge is 2.19. The van der Waals surface area contributed by atoms with Gasteiger partial charge >= 0.3 is 0 Å². The lowest BCUT2D eigenvalue weighted by molar-refractivity contribution is 0.0937. The number of aromatic nitrogens is 1. The van der Waals surface area contributed by atoms with E-state index in [1.165, 1.54) is 11.3 Å². The molecule has 1 fully saturated rings. The summed E-state index contributed by atoms with van der Waals surface area (Å²) in [6.45, 7) is 3.02. The number of carbonyl (C=O) groups is 1. The minimum absolute atomic E-state index is 0.0872. The fourth-order valence-electron chi connectivity index (χ4n) is 2.07. The zero-order valence-corrected chi connectivity index (χ0v) is 12.4. The molecule has 0 saturated carbocycles. The fraction of sp³-hybridized carbons (Fsp3) is 0.333. The van der Waals surface area contributed by atoms with Crippen LogP contribution in [0.5, 0.6) is 5.75 Å². The van der Waals surface area contributed by atoms with Gasteiger partial charge in [-0.25, -0.2) is 4.98 Å². The monoisotopic (exact) mass is 303 g/mol. The molecule has 2 N–H and O–H groups in total. The van der Waals surface area contributed by atoms with Gasteiger partial charge < -0.3 is 15.4 Å². The van der Waals surface area contributed by atoms with Gasteiger partial charge in [-0.15, -0.1) is 11.3 Å². The van der Waals surface area contributed by atoms with Crippen molar-refractivity contribution in [2.24, 2.45) is 5.92 Å². The van der Waals surface area contributed by atoms with Gasteiger partial charge in [0.25, 0.3) is 5.91 Å². The van der Waals surface area contributed by atoms with Crippen LogP contribution in [0.4, 0.5) is 0 Å². The normalized spacial score (nSPS) is 14.5. The van der Waals surface area contributed by atoms with Crippen molar-refractivity contribution in [3.63, 3.8) is 0 Å². The standard InChI is InChI=1S/C15H17N3O2S/c19-15(17-7-11-5-16-6-11)13-3-1-2-4-14(13)20-8-12-9-21-10-18-12/h1-4,9-11,16H,5-8H2,(H,17,19). The molecule has 1 saturated heterocycles. The summed E-state index contributed by atoms with van der Waals surface area (Å²) in [5.74, 6) is 1.04. The predicted molar refractivity (Wildman–Crippen MR) is 81.6 cm³/mol. The third kappa shape index (κ3) is 3.59. The SMILES string of the molecule is O=C(NCC1CNC1)c1ccccc1OCc1cscn1. The number of rotatable bonds is 6. The fourth-order valence-corrected chi connectivity index (χ4v) is 2.61. The van der Waals surface area contributed by atoms with Crippen molar-refractivity contribution in [1.29, 1.82) is 0 Å². The van der Waals surface area contributed by atoms with E-state index in [1.54, 1.807) is 11.6 Å². The van der Waals surface area contributed by atoms with Crippen molar-refractivity contribution in [2.75, 3.05) is 19.6 Å². The van der Waals surface area contributed by atoms with Crippen molar-refractivity contribution in [3.05, 3.63) is 46.4 Å². The van der Waals surface area contributed by atoms with E-state index in [0.29, 0.717) is 30.4 Å². The molecule has 0 radical (unpaired) electrons. The molecule has 6 heteroatoms. The molecule has 1 aliphatic rings. The van der Waals surface area contributed by atoms with Crippen LogP contribution in [0.3, 0.4) is 0 Å². The van der Waals surface area contributed by atoms with Crippen LogP contribution in [0.2, 0.25) is 0 Å². The van der Waals surface area contributed by atoms with E-state index in [2.05, 4.69) is 15.6 Å². The molecule has 21 heavy (non-hydrogen) atoms. The zero-order valence-electron chi connectivity index (χ0n) is 11.5. The first-order chi connectivity index (χ1) is 10.3. The summed E-state index contributed by atoms with van der Waals surface area (Å²) < 4.78 is 5.72. The summed E-state index contributed by atoms with van der Waals surface area (Å²) in [5.41, 5.74) is 3.21. The average Bonchev–Trinajstić information content (AvgIpc) is 2.97. The Morgan fingerprint density at radius 2 is 2.29 bits per heavy atom. The molecular weight excluding hydrogens is 286 g/mol. The Labute approximate surface area is 127 Å². The summed E-state index contributed by atoms with van der Waals surface area (Å²) >= 11 is 1.53. The zero-order chi connectivity index (χ0) is 14.5. The lowest BCUT2D eigenvalue weighted by Gasteiger charge is -2.27. The van der Waals surface area contributed by atoms with Crippen LogP contribution in [0.15, 0.2) is 35.2 Å². The number of hydrogen-bond acceptors (Lipinski definition) is 5. The van der Waals surface area contributed by atoms with Crippen molar-refractivity contribution in [3.8, 4) is 5.75 Å². The highest BCUT2D eigenvalue weighted by Crippen LogP contribution is 2.19. The first-order valence-corrected chi connectivity index (χ1v) is 7.85. The second kappa shape index (κ2) is 6.69. The number of ether oxygens (including phenoxy) is 1. The Bertz CT molecular complexity index is 597. The van der Waals surface area contributed by atoms with Crippen molar-refractivity contribution >= 4 is 17.2 Å². The van der Waals surface area contributed by atoms with Gasteiger partial charge in [-0.3, -0.25) is 4.79 Å². The maximum atomic E-state index is 12.2. The first-order valence-electron chi connectivity index (χ1n) is 6.91. The maximum absolute atomic E-state index is 12.2. The molecule has 0 aliphatic carbocycles. The smallest absolute Gasteiger partial charge is 0.255 e. The van der Waals surface area contributed by atoms with E-state index in [0.717, 1.165) is 18.8 Å². The molecular formula is C15H17N3O2S. The number of nitrogens with zero attached hydrogens (tertiary/aromatic N) is 1. The second-order valence-electron chi connectivity index (χ2n) is 5.00. The largest absolute Gasteiger partial charge is 0.486 e. The van der Waals surface area contributed by atoms with Crippen LogP contribution < -0.4 is 15.4 Å². The molecule has 2 heterocycles. The van der Waals surface area contributed by atoms with E-state index in [9.17, 15) is 4.79 Å². The molecule has 1 amide bonds. The summed E-state index contributed by atoms with van der Waals surface area (Å²) in [6, 6.07) is 7.30. The molecule has 110 valence electrons. The molecule has 1 aliphatic heterocycles. The van der Waals surface area contributed by atoms with Gasteiger partial charge in [0.15, 0.2) is 0 Å². The summed E-state index contributed by atoms with van der Waals surface area (Å²) in [4.78, 5) is 16.4. The molecule has 0 unspecified atom stereocenters. The van der Waals surface area contributed by atoms with Gasteiger partial charge in [-0.1, -0.05) is 12.1 Å². The highest BCUT2D eigenvalue weighted by atomic mass is 32.1. The number of thiazole rings is 1. The predicted octanol–water partition coefficient (Wildman–Crippen LogP) is 1.67. The Morgan fingerprint density at radius 1 is 1.43 bits per heavy atom. The van der Waals surface area contributed by atoms with E-state index >= 15 is 0 Å². The van der Waals surface area contributed by atoms with Gasteiger partial charge in [0, 0.05) is 30.9 Å². The molecule has 0 atom stereocenters. The molecule has 0 spiro atoms. The molecule has 1 aromatic heterocycles. The van der Waals surface area contributed by atoms with E-state index in [4.69, 9.17) is 4.74 Å². The Morgan fingerprint density at radius 3 is 3.00 bits per heavy atom. The highest BCUT2D eigenvalue weighted by molar-refractivity contribution is 7.07. The lowest BCUT2D eigenvalue weighted by Crippen LogP contribution is -2.48. The Hall–Kier alpha value is -1.92. The van der Waals surface area contributed by atoms with Gasteiger partial charge in [0.1, 0.15) is 12.4 Å². The van der Waals surface area contributed by atoms with E-state index < -0.39 is 0 Å². The number of nitrogens with one attached hydrogen (secondary N) is 2. The van der Waals surface area contributed by atoms with Crippen molar-refractivity contribution in [2.45, 2.75) is 6.61 Å². The Balaban J connectivity index is 1.62. The topological polar surface area (TPSA) is 63.2 Å². The van der Waals surface area contributed by atoms with Crippen LogP contribution in [0, 0.1) is 5.92 Å². The van der Waals surface area contributed by atoms with E-state index in [1.807, 2.05) is 23.6 Å². The molecule has 1 aromatic carbocycles. The number of benzene rings is 1. The van der Waals surface area contributed by atoms with Gasteiger partial charge in [0.05, 0.1) is 16.8 Å². The minimum Gasteiger partial charge on any atom is -0.486 e. The van der Waals surface area contributed by atoms with Crippen LogP contribution in [0.1, 0.15) is 16.1 Å². The first kappa shape index (κ1) is 14.0. The van der Waals surface area contributed by atoms with Crippen LogP contribution >= 0.6 is 11.3 Å². The molecule has 2 aromatic rings. The third-order valence-electron chi connectivity index (χ3n) is 3.41. The lowest BCUT2D eigenvalue weighted by atomic mass is 10.0. The quantitative estimate of drug-likeness (QED) is 0.852. The van der Waals surface area contributed by atoms with E-state index in [-0.39, 0.29) is 5.91 Å². The van der Waals surface area contributed by atoms with Crippen LogP contribution in [-0.4, -0.2) is 30.5 Å². The maximum Gasteiger partial charge on any atom is 0.255 e. The van der Waals surface area contributed by atoms with Crippen LogP contribution in [-0.2, 0) is 6.61 Å². The molecule has 5 nitrogen and oxygen atoms in total. The van der Waals surface area contributed by atoms with Gasteiger partial charge in [-0.05, 0) is 12.1 Å². The Kier molecular flexibility index (Phi) is 4.47.